The van der Waals surface area contributed by atoms with Crippen molar-refractivity contribution in [1.82, 2.24) is 9.62 Å². The number of thioether (sulfide) groups is 1. The minimum absolute atomic E-state index is 0.399. The molecule has 0 radical (unpaired) electrons. The number of nitrogens with zero attached hydrogens (tertiary/aromatic N) is 4. The number of halogens is 1. The van der Waals surface area contributed by atoms with Gasteiger partial charge in [0.1, 0.15) is 0 Å². The van der Waals surface area contributed by atoms with Crippen molar-refractivity contribution in [2.75, 3.05) is 67.9 Å². The first kappa shape index (κ1) is 31.5. The maximum absolute atomic E-state index is 11.5. The van der Waals surface area contributed by atoms with Crippen LogP contribution in [0.25, 0.3) is 0 Å². The summed E-state index contributed by atoms with van der Waals surface area (Å²) in [6, 6.07) is 11.6. The van der Waals surface area contributed by atoms with Gasteiger partial charge in [-0.25, -0.2) is 0 Å². The average Bonchev–Trinajstić information content (AvgIpc) is 2.96. The molecule has 12 heteroatoms. The fraction of sp³-hybridized carbons (Fsp3) is 0.481. The van der Waals surface area contributed by atoms with Gasteiger partial charge in [-0.15, -0.1) is 11.8 Å². The third kappa shape index (κ3) is 8.49. The Bertz CT molecular complexity index is 1080. The largest absolute Gasteiger partial charge is 0.437 e. The number of aldehydes is 2. The van der Waals surface area contributed by atoms with Gasteiger partial charge in [0.2, 0.25) is 0 Å². The molecule has 2 aromatic carbocycles. The van der Waals surface area contributed by atoms with Crippen molar-refractivity contribution in [2.45, 2.75) is 31.9 Å². The van der Waals surface area contributed by atoms with E-state index in [2.05, 4.69) is 16.7 Å². The van der Waals surface area contributed by atoms with E-state index in [1.165, 1.54) is 0 Å². The van der Waals surface area contributed by atoms with Crippen LogP contribution in [0.3, 0.4) is 0 Å². The summed E-state index contributed by atoms with van der Waals surface area (Å²) in [4.78, 5) is 32.1. The normalized spacial score (nSPS) is 16.4. The highest BCUT2D eigenvalue weighted by molar-refractivity contribution is 7.99. The predicted molar refractivity (Wildman–Crippen MR) is 165 cm³/mol. The van der Waals surface area contributed by atoms with Gasteiger partial charge >= 0.3 is 14.1 Å². The lowest BCUT2D eigenvalue weighted by atomic mass is 9.84. The van der Waals surface area contributed by atoms with Gasteiger partial charge in [-0.1, -0.05) is 30.7 Å². The lowest BCUT2D eigenvalue weighted by Crippen LogP contribution is -2.51. The molecule has 4 rings (SSSR count). The van der Waals surface area contributed by atoms with Crippen LogP contribution in [0, 0.1) is 0 Å². The number of hydrogen-bond acceptors (Lipinski definition) is 9. The van der Waals surface area contributed by atoms with Gasteiger partial charge in [0.15, 0.2) is 12.6 Å². The van der Waals surface area contributed by atoms with Gasteiger partial charge in [0.05, 0.1) is 16.1 Å². The van der Waals surface area contributed by atoms with E-state index in [4.69, 9.17) is 11.6 Å². The second-order valence-corrected chi connectivity index (χ2v) is 11.3. The number of rotatable bonds is 9. The van der Waals surface area contributed by atoms with E-state index >= 15 is 0 Å². The number of piperazine rings is 2. The van der Waals surface area contributed by atoms with E-state index < -0.39 is 14.1 Å². The van der Waals surface area contributed by atoms with Gasteiger partial charge < -0.3 is 29.5 Å². The maximum atomic E-state index is 11.5. The van der Waals surface area contributed by atoms with E-state index in [1.807, 2.05) is 40.0 Å². The minimum atomic E-state index is -0.419. The molecule has 0 saturated carbocycles. The molecule has 0 unspecified atom stereocenters. The Labute approximate surface area is 242 Å². The van der Waals surface area contributed by atoms with E-state index in [1.54, 1.807) is 31.5 Å². The van der Waals surface area contributed by atoms with Crippen molar-refractivity contribution in [2.24, 2.45) is 0 Å². The second-order valence-electron chi connectivity index (χ2n) is 9.76. The summed E-state index contributed by atoms with van der Waals surface area (Å²) in [6.07, 6.45) is 2.88. The summed E-state index contributed by atoms with van der Waals surface area (Å²) >= 11 is 7.77. The molecule has 0 bridgehead atoms. The predicted octanol–water partition coefficient (Wildman–Crippen LogP) is 3.62. The number of carbonyl (C=O) groups excluding carboxylic acids is 2. The van der Waals surface area contributed by atoms with Crippen LogP contribution in [0.5, 0.6) is 0 Å². The molecule has 0 amide bonds. The highest BCUT2D eigenvalue weighted by atomic mass is 35.5. The summed E-state index contributed by atoms with van der Waals surface area (Å²) in [5.41, 5.74) is 3.25. The van der Waals surface area contributed by atoms with Crippen LogP contribution in [0.4, 0.5) is 11.4 Å². The van der Waals surface area contributed by atoms with Crippen LogP contribution < -0.4 is 9.80 Å². The molecule has 39 heavy (non-hydrogen) atoms. The SMILES string of the molecule is CB(O)N1CCN(c2cccc(Cl)c2C=O)CC1.CCCSc1cccc(N2CCN(B(C)O)CC2)c1C=O. The lowest BCUT2D eigenvalue weighted by molar-refractivity contribution is 0.111. The molecule has 2 aliphatic heterocycles. The molecule has 0 aromatic heterocycles. The zero-order valence-corrected chi connectivity index (χ0v) is 24.7. The standard InChI is InChI=1S/C15H23BN2O2S.C12H16BClN2O2/c1-3-11-21-15-6-4-5-14(13(15)12-19)17-7-9-18(10-8-17)16(2)20;1-13(18)16-7-5-15(6-8-16)12-4-2-3-11(14)10(12)9-17/h4-6,12,20H,3,7-11H2,1-2H3;2-4,9,18H,5-8H2,1H3. The van der Waals surface area contributed by atoms with E-state index in [9.17, 15) is 19.6 Å². The Morgan fingerprint density at radius 2 is 1.26 bits per heavy atom. The minimum Gasteiger partial charge on any atom is -0.437 e. The monoisotopic (exact) mass is 572 g/mol. The summed E-state index contributed by atoms with van der Waals surface area (Å²) < 4.78 is 0. The smallest absolute Gasteiger partial charge is 0.376 e. The van der Waals surface area contributed by atoms with Gasteiger partial charge in [-0.3, -0.25) is 9.59 Å². The molecule has 0 atom stereocenters. The molecular weight excluding hydrogens is 533 g/mol. The molecule has 2 N–H and O–H groups in total. The number of anilines is 2. The van der Waals surface area contributed by atoms with Crippen LogP contribution in [0.15, 0.2) is 41.3 Å². The van der Waals surface area contributed by atoms with Crippen molar-refractivity contribution in [3.05, 3.63) is 52.5 Å². The lowest BCUT2D eigenvalue weighted by Gasteiger charge is -2.37. The van der Waals surface area contributed by atoms with E-state index in [0.717, 1.165) is 98.9 Å². The molecule has 2 heterocycles. The van der Waals surface area contributed by atoms with Crippen molar-refractivity contribution >= 4 is 61.4 Å². The second kappa shape index (κ2) is 15.7. The Morgan fingerprint density at radius 3 is 1.69 bits per heavy atom. The van der Waals surface area contributed by atoms with Crippen molar-refractivity contribution in [1.29, 1.82) is 0 Å². The van der Waals surface area contributed by atoms with Crippen molar-refractivity contribution < 1.29 is 19.6 Å². The number of benzene rings is 2. The third-order valence-electron chi connectivity index (χ3n) is 7.14. The quantitative estimate of drug-likeness (QED) is 0.266. The van der Waals surface area contributed by atoms with Crippen LogP contribution in [0.1, 0.15) is 34.1 Å². The Morgan fingerprint density at radius 1 is 0.795 bits per heavy atom. The van der Waals surface area contributed by atoms with Gasteiger partial charge in [-0.05, 0) is 50.1 Å². The van der Waals surface area contributed by atoms with Gasteiger partial charge in [0.25, 0.3) is 0 Å². The number of carbonyl (C=O) groups is 2. The molecule has 0 spiro atoms. The van der Waals surface area contributed by atoms with E-state index in [0.29, 0.717) is 10.6 Å². The Kier molecular flexibility index (Phi) is 12.7. The maximum Gasteiger partial charge on any atom is 0.376 e. The average molecular weight is 573 g/mol. The fourth-order valence-corrected chi connectivity index (χ4v) is 5.98. The van der Waals surface area contributed by atoms with Crippen LogP contribution >= 0.6 is 23.4 Å². The summed E-state index contributed by atoms with van der Waals surface area (Å²) in [5.74, 6) is 1.03. The molecule has 2 aromatic rings. The summed E-state index contributed by atoms with van der Waals surface area (Å²) in [6.45, 7) is 12.2. The first-order valence-electron chi connectivity index (χ1n) is 13.6. The highest BCUT2D eigenvalue weighted by Gasteiger charge is 2.25. The molecule has 2 aliphatic rings. The van der Waals surface area contributed by atoms with Gasteiger partial charge in [0, 0.05) is 68.6 Å². The molecule has 8 nitrogen and oxygen atoms in total. The highest BCUT2D eigenvalue weighted by Crippen LogP contribution is 2.31. The molecule has 2 fully saturated rings. The van der Waals surface area contributed by atoms with E-state index in [-0.39, 0.29) is 0 Å². The fourth-order valence-electron chi connectivity index (χ4n) is 4.86. The van der Waals surface area contributed by atoms with Gasteiger partial charge in [-0.2, -0.15) is 0 Å². The van der Waals surface area contributed by atoms with Crippen molar-refractivity contribution in [3.8, 4) is 0 Å². The zero-order chi connectivity index (χ0) is 28.4. The number of hydrogen-bond donors (Lipinski definition) is 2. The molecule has 0 aliphatic carbocycles. The Balaban J connectivity index is 0.000000218. The molecule has 210 valence electrons. The summed E-state index contributed by atoms with van der Waals surface area (Å²) in [5, 5.41) is 19.6. The third-order valence-corrected chi connectivity index (χ3v) is 8.75. The first-order valence-corrected chi connectivity index (χ1v) is 15.0. The van der Waals surface area contributed by atoms with Crippen molar-refractivity contribution in [3.63, 3.8) is 0 Å². The van der Waals surface area contributed by atoms with Crippen LogP contribution in [-0.2, 0) is 0 Å². The van der Waals surface area contributed by atoms with Crippen LogP contribution in [-0.4, -0.2) is 104 Å². The zero-order valence-electron chi connectivity index (χ0n) is 23.1. The first-order chi connectivity index (χ1) is 18.8. The van der Waals surface area contributed by atoms with Crippen LogP contribution in [0.2, 0.25) is 18.7 Å². The molecule has 2 saturated heterocycles. The molecular formula is C27H39B2ClN4O4S. The topological polar surface area (TPSA) is 87.6 Å². The Hall–Kier alpha value is -2.01. The summed E-state index contributed by atoms with van der Waals surface area (Å²) in [7, 11) is -0.818.